The molecule has 1 amide bonds. The molecule has 4 rings (SSSR count). The lowest BCUT2D eigenvalue weighted by atomic mass is 10.0. The SMILES string of the molecule is O=C(NCCc1ccc(CN2CCCC2)cn1)c1ccc(-c2ccc(Cl)cc2)cc1. The lowest BCUT2D eigenvalue weighted by Crippen LogP contribution is -2.25. The number of hydrogen-bond donors (Lipinski definition) is 1. The van der Waals surface area contributed by atoms with Gasteiger partial charge < -0.3 is 5.32 Å². The van der Waals surface area contributed by atoms with Gasteiger partial charge in [-0.1, -0.05) is 41.9 Å². The second-order valence-electron chi connectivity index (χ2n) is 7.73. The summed E-state index contributed by atoms with van der Waals surface area (Å²) in [5, 5.41) is 3.70. The molecule has 3 aromatic rings. The molecule has 1 N–H and O–H groups in total. The fourth-order valence-corrected chi connectivity index (χ4v) is 3.88. The summed E-state index contributed by atoms with van der Waals surface area (Å²) < 4.78 is 0. The molecular formula is C25H26ClN3O. The number of aromatic nitrogens is 1. The third-order valence-corrected chi connectivity index (χ3v) is 5.73. The molecule has 1 fully saturated rings. The highest BCUT2D eigenvalue weighted by Gasteiger charge is 2.12. The van der Waals surface area contributed by atoms with E-state index in [9.17, 15) is 4.79 Å². The first-order valence-electron chi connectivity index (χ1n) is 10.5. The highest BCUT2D eigenvalue weighted by molar-refractivity contribution is 6.30. The van der Waals surface area contributed by atoms with E-state index in [2.05, 4.69) is 27.3 Å². The third kappa shape index (κ3) is 5.47. The second kappa shape index (κ2) is 9.88. The summed E-state index contributed by atoms with van der Waals surface area (Å²) in [5.74, 6) is -0.0664. The summed E-state index contributed by atoms with van der Waals surface area (Å²) >= 11 is 5.94. The molecule has 1 saturated heterocycles. The van der Waals surface area contributed by atoms with Gasteiger partial charge in [0.2, 0.25) is 0 Å². The zero-order valence-electron chi connectivity index (χ0n) is 17.0. The van der Waals surface area contributed by atoms with Gasteiger partial charge in [0.25, 0.3) is 5.91 Å². The Morgan fingerprint density at radius 3 is 2.23 bits per heavy atom. The number of carbonyl (C=O) groups is 1. The molecule has 2 heterocycles. The van der Waals surface area contributed by atoms with Crippen molar-refractivity contribution in [2.45, 2.75) is 25.8 Å². The number of carbonyl (C=O) groups excluding carboxylic acids is 1. The summed E-state index contributed by atoms with van der Waals surface area (Å²) in [7, 11) is 0. The quantitative estimate of drug-likeness (QED) is 0.588. The minimum atomic E-state index is -0.0664. The van der Waals surface area contributed by atoms with Gasteiger partial charge in [0, 0.05) is 42.0 Å². The van der Waals surface area contributed by atoms with Gasteiger partial charge in [-0.15, -0.1) is 0 Å². The normalized spacial score (nSPS) is 14.0. The number of benzene rings is 2. The third-order valence-electron chi connectivity index (χ3n) is 5.48. The number of likely N-dealkylation sites (tertiary alicyclic amines) is 1. The lowest BCUT2D eigenvalue weighted by Gasteiger charge is -2.14. The fraction of sp³-hybridized carbons (Fsp3) is 0.280. The van der Waals surface area contributed by atoms with E-state index in [0.29, 0.717) is 17.1 Å². The first-order valence-corrected chi connectivity index (χ1v) is 10.9. The molecule has 1 aliphatic heterocycles. The lowest BCUT2D eigenvalue weighted by molar-refractivity contribution is 0.0954. The molecule has 0 atom stereocenters. The average Bonchev–Trinajstić information content (AvgIpc) is 3.29. The maximum atomic E-state index is 12.4. The molecule has 4 nitrogen and oxygen atoms in total. The zero-order chi connectivity index (χ0) is 20.8. The van der Waals surface area contributed by atoms with Crippen molar-refractivity contribution in [3.05, 3.63) is 88.7 Å². The predicted molar refractivity (Wildman–Crippen MR) is 122 cm³/mol. The topological polar surface area (TPSA) is 45.2 Å². The minimum Gasteiger partial charge on any atom is -0.352 e. The Kier molecular flexibility index (Phi) is 6.77. The molecule has 0 saturated carbocycles. The van der Waals surface area contributed by atoms with Crippen molar-refractivity contribution in [1.29, 1.82) is 0 Å². The van der Waals surface area contributed by atoms with Crippen LogP contribution in [0.15, 0.2) is 66.9 Å². The Morgan fingerprint density at radius 2 is 1.60 bits per heavy atom. The number of nitrogens with zero attached hydrogens (tertiary/aromatic N) is 2. The molecular weight excluding hydrogens is 394 g/mol. The van der Waals surface area contributed by atoms with E-state index in [1.165, 1.54) is 31.5 Å². The van der Waals surface area contributed by atoms with Crippen molar-refractivity contribution in [3.8, 4) is 11.1 Å². The first-order chi connectivity index (χ1) is 14.7. The molecule has 0 unspecified atom stereocenters. The van der Waals surface area contributed by atoms with Gasteiger partial charge in [-0.25, -0.2) is 0 Å². The summed E-state index contributed by atoms with van der Waals surface area (Å²) in [6, 6.07) is 19.5. The summed E-state index contributed by atoms with van der Waals surface area (Å²) in [5.41, 5.74) is 5.04. The maximum absolute atomic E-state index is 12.4. The molecule has 0 bridgehead atoms. The highest BCUT2D eigenvalue weighted by Crippen LogP contribution is 2.22. The van der Waals surface area contributed by atoms with Gasteiger partial charge >= 0.3 is 0 Å². The van der Waals surface area contributed by atoms with Crippen LogP contribution in [0.4, 0.5) is 0 Å². The van der Waals surface area contributed by atoms with Crippen molar-refractivity contribution < 1.29 is 4.79 Å². The predicted octanol–water partition coefficient (Wildman–Crippen LogP) is 4.97. The Morgan fingerprint density at radius 1 is 0.933 bits per heavy atom. The summed E-state index contributed by atoms with van der Waals surface area (Å²) in [6.07, 6.45) is 5.29. The van der Waals surface area contributed by atoms with Gasteiger partial charge in [0.1, 0.15) is 0 Å². The number of rotatable bonds is 7. The fourth-order valence-electron chi connectivity index (χ4n) is 3.76. The number of pyridine rings is 1. The van der Waals surface area contributed by atoms with Gasteiger partial charge in [0.15, 0.2) is 0 Å². The minimum absolute atomic E-state index is 0.0664. The molecule has 0 aliphatic carbocycles. The van der Waals surface area contributed by atoms with Gasteiger partial charge in [0.05, 0.1) is 0 Å². The van der Waals surface area contributed by atoms with Crippen LogP contribution in [0.1, 0.15) is 34.5 Å². The Labute approximate surface area is 182 Å². The Hall–Kier alpha value is -2.69. The molecule has 1 aromatic heterocycles. The average molecular weight is 420 g/mol. The first kappa shape index (κ1) is 20.6. The van der Waals surface area contributed by atoms with E-state index in [4.69, 9.17) is 11.6 Å². The molecule has 1 aliphatic rings. The van der Waals surface area contributed by atoms with Crippen LogP contribution in [-0.4, -0.2) is 35.4 Å². The molecule has 2 aromatic carbocycles. The van der Waals surface area contributed by atoms with E-state index in [1.807, 2.05) is 54.7 Å². The Bertz CT molecular complexity index is 963. The second-order valence-corrected chi connectivity index (χ2v) is 8.17. The largest absolute Gasteiger partial charge is 0.352 e. The molecule has 0 spiro atoms. The van der Waals surface area contributed by atoms with Crippen LogP contribution in [0, 0.1) is 0 Å². The van der Waals surface area contributed by atoms with Crippen LogP contribution >= 0.6 is 11.6 Å². The van der Waals surface area contributed by atoms with Crippen LogP contribution in [0.25, 0.3) is 11.1 Å². The standard InChI is InChI=1S/C25H26ClN3O/c26-23-10-8-21(9-11-23)20-4-6-22(7-5-20)25(30)27-14-13-24-12-3-19(17-28-24)18-29-15-1-2-16-29/h3-12,17H,1-2,13-16,18H2,(H,27,30). The molecule has 5 heteroatoms. The van der Waals surface area contributed by atoms with Crippen LogP contribution in [-0.2, 0) is 13.0 Å². The van der Waals surface area contributed by atoms with Crippen molar-refractivity contribution >= 4 is 17.5 Å². The van der Waals surface area contributed by atoms with Crippen LogP contribution in [0.5, 0.6) is 0 Å². The van der Waals surface area contributed by atoms with E-state index in [0.717, 1.165) is 29.8 Å². The van der Waals surface area contributed by atoms with Crippen molar-refractivity contribution in [1.82, 2.24) is 15.2 Å². The van der Waals surface area contributed by atoms with Gasteiger partial charge in [-0.3, -0.25) is 14.7 Å². The van der Waals surface area contributed by atoms with Crippen LogP contribution < -0.4 is 5.32 Å². The van der Waals surface area contributed by atoms with Crippen LogP contribution in [0.2, 0.25) is 5.02 Å². The number of amides is 1. The molecule has 0 radical (unpaired) electrons. The van der Waals surface area contributed by atoms with E-state index < -0.39 is 0 Å². The van der Waals surface area contributed by atoms with Crippen molar-refractivity contribution in [2.24, 2.45) is 0 Å². The van der Waals surface area contributed by atoms with Crippen molar-refractivity contribution in [3.63, 3.8) is 0 Å². The summed E-state index contributed by atoms with van der Waals surface area (Å²) in [6.45, 7) is 3.93. The van der Waals surface area contributed by atoms with Crippen LogP contribution in [0.3, 0.4) is 0 Å². The smallest absolute Gasteiger partial charge is 0.251 e. The van der Waals surface area contributed by atoms with Gasteiger partial charge in [-0.2, -0.15) is 0 Å². The number of halogens is 1. The highest BCUT2D eigenvalue weighted by atomic mass is 35.5. The number of hydrogen-bond acceptors (Lipinski definition) is 3. The van der Waals surface area contributed by atoms with E-state index in [-0.39, 0.29) is 5.91 Å². The Balaban J connectivity index is 1.25. The zero-order valence-corrected chi connectivity index (χ0v) is 17.7. The van der Waals surface area contributed by atoms with E-state index in [1.54, 1.807) is 0 Å². The van der Waals surface area contributed by atoms with E-state index >= 15 is 0 Å². The molecule has 154 valence electrons. The van der Waals surface area contributed by atoms with Crippen molar-refractivity contribution in [2.75, 3.05) is 19.6 Å². The monoisotopic (exact) mass is 419 g/mol. The maximum Gasteiger partial charge on any atom is 0.251 e. The summed E-state index contributed by atoms with van der Waals surface area (Å²) in [4.78, 5) is 19.4. The number of nitrogens with one attached hydrogen (secondary N) is 1. The van der Waals surface area contributed by atoms with Gasteiger partial charge in [-0.05, 0) is 73.0 Å². The molecule has 30 heavy (non-hydrogen) atoms.